The first-order valence-corrected chi connectivity index (χ1v) is 10.7. The fourth-order valence-electron chi connectivity index (χ4n) is 2.53. The molecule has 0 spiro atoms. The average molecular weight is 469 g/mol. The second-order valence-corrected chi connectivity index (χ2v) is 7.73. The number of carbonyl (C=O) groups is 3. The lowest BCUT2D eigenvalue weighted by Crippen LogP contribution is -2.40. The number of nitrogens with one attached hydrogen (secondary N) is 2. The van der Waals surface area contributed by atoms with Crippen molar-refractivity contribution in [1.82, 2.24) is 15.2 Å². The quantitative estimate of drug-likeness (QED) is 0.460. The Morgan fingerprint density at radius 2 is 1.81 bits per heavy atom. The molecule has 1 aromatic heterocycles. The maximum atomic E-state index is 12.8. The third-order valence-electron chi connectivity index (χ3n) is 4.05. The molecule has 2 aromatic rings. The molecule has 0 saturated heterocycles. The fraction of sp³-hybridized carbons (Fsp3) is 0.400. The summed E-state index contributed by atoms with van der Waals surface area (Å²) in [6.45, 7) is 1.21. The largest absolute Gasteiger partial charge is 0.383 e. The van der Waals surface area contributed by atoms with Crippen molar-refractivity contribution in [3.63, 3.8) is 0 Å². The van der Waals surface area contributed by atoms with Crippen LogP contribution in [0, 0.1) is 0 Å². The molecule has 0 bridgehead atoms. The van der Waals surface area contributed by atoms with Crippen LogP contribution in [-0.4, -0.2) is 74.7 Å². The topological polar surface area (TPSA) is 110 Å². The van der Waals surface area contributed by atoms with Crippen LogP contribution >= 0.6 is 22.9 Å². The van der Waals surface area contributed by atoms with Crippen LogP contribution in [0.4, 0.5) is 5.13 Å². The van der Waals surface area contributed by atoms with Gasteiger partial charge in [0.1, 0.15) is 6.54 Å². The number of ether oxygens (including phenoxy) is 2. The number of aromatic nitrogens is 1. The number of halogens is 1. The SMILES string of the molecule is COCCNC(=O)Cc1csc(NC(=O)CN(CCOC)C(=O)c2ccc(Cl)cc2)n1. The maximum absolute atomic E-state index is 12.8. The second-order valence-electron chi connectivity index (χ2n) is 6.44. The van der Waals surface area contributed by atoms with Crippen molar-refractivity contribution < 1.29 is 23.9 Å². The van der Waals surface area contributed by atoms with Crippen molar-refractivity contribution in [2.45, 2.75) is 6.42 Å². The monoisotopic (exact) mass is 468 g/mol. The van der Waals surface area contributed by atoms with Gasteiger partial charge in [0.05, 0.1) is 25.3 Å². The highest BCUT2D eigenvalue weighted by molar-refractivity contribution is 7.13. The summed E-state index contributed by atoms with van der Waals surface area (Å²) in [5.41, 5.74) is 0.966. The van der Waals surface area contributed by atoms with Crippen molar-refractivity contribution in [2.24, 2.45) is 0 Å². The normalized spacial score (nSPS) is 10.5. The van der Waals surface area contributed by atoms with E-state index in [2.05, 4.69) is 15.6 Å². The minimum absolute atomic E-state index is 0.102. The van der Waals surface area contributed by atoms with Gasteiger partial charge in [-0.1, -0.05) is 11.6 Å². The van der Waals surface area contributed by atoms with Crippen molar-refractivity contribution in [1.29, 1.82) is 0 Å². The lowest BCUT2D eigenvalue weighted by atomic mass is 10.2. The number of rotatable bonds is 12. The van der Waals surface area contributed by atoms with Crippen molar-refractivity contribution >= 4 is 45.8 Å². The molecule has 0 aliphatic carbocycles. The average Bonchev–Trinajstić information content (AvgIpc) is 3.17. The van der Waals surface area contributed by atoms with E-state index in [0.29, 0.717) is 34.6 Å². The van der Waals surface area contributed by atoms with Gasteiger partial charge in [-0.25, -0.2) is 4.98 Å². The van der Waals surface area contributed by atoms with Crippen LogP contribution in [0.3, 0.4) is 0 Å². The van der Waals surface area contributed by atoms with Gasteiger partial charge in [-0.15, -0.1) is 11.3 Å². The standard InChI is InChI=1S/C20H25ClN4O5S/c1-29-9-7-22-17(26)11-16-13-31-20(23-16)24-18(27)12-25(8-10-30-2)19(28)14-3-5-15(21)6-4-14/h3-6,13H,7-12H2,1-2H3,(H,22,26)(H,23,24,27). The van der Waals surface area contributed by atoms with Crippen molar-refractivity contribution in [3.05, 3.63) is 45.9 Å². The molecule has 0 saturated carbocycles. The summed E-state index contributed by atoms with van der Waals surface area (Å²) in [5.74, 6) is -0.889. The zero-order valence-electron chi connectivity index (χ0n) is 17.4. The van der Waals surface area contributed by atoms with Crippen LogP contribution in [0.25, 0.3) is 0 Å². The molecular formula is C20H25ClN4O5S. The van der Waals surface area contributed by atoms with E-state index >= 15 is 0 Å². The molecule has 0 aliphatic heterocycles. The molecule has 168 valence electrons. The van der Waals surface area contributed by atoms with E-state index in [-0.39, 0.29) is 37.9 Å². The van der Waals surface area contributed by atoms with Crippen LogP contribution in [-0.2, 0) is 25.5 Å². The maximum Gasteiger partial charge on any atom is 0.254 e. The Bertz CT molecular complexity index is 875. The smallest absolute Gasteiger partial charge is 0.254 e. The lowest BCUT2D eigenvalue weighted by Gasteiger charge is -2.21. The van der Waals surface area contributed by atoms with Crippen molar-refractivity contribution in [3.8, 4) is 0 Å². The van der Waals surface area contributed by atoms with E-state index in [4.69, 9.17) is 21.1 Å². The molecule has 3 amide bonds. The van der Waals surface area contributed by atoms with E-state index in [1.54, 1.807) is 36.8 Å². The fourth-order valence-corrected chi connectivity index (χ4v) is 3.38. The number of hydrogen-bond donors (Lipinski definition) is 2. The van der Waals surface area contributed by atoms with E-state index in [9.17, 15) is 14.4 Å². The summed E-state index contributed by atoms with van der Waals surface area (Å²) in [6.07, 6.45) is 0.102. The number of anilines is 1. The molecule has 0 radical (unpaired) electrons. The Labute approximate surface area is 189 Å². The Kier molecular flexibility index (Phi) is 10.4. The Hall–Kier alpha value is -2.53. The van der Waals surface area contributed by atoms with Gasteiger partial charge in [0.2, 0.25) is 11.8 Å². The van der Waals surface area contributed by atoms with Gasteiger partial charge in [-0.3, -0.25) is 14.4 Å². The predicted octanol–water partition coefficient (Wildman–Crippen LogP) is 1.83. The third kappa shape index (κ3) is 8.62. The first-order valence-electron chi connectivity index (χ1n) is 9.46. The van der Waals surface area contributed by atoms with E-state index in [0.717, 1.165) is 0 Å². The van der Waals surface area contributed by atoms with Gasteiger partial charge < -0.3 is 25.0 Å². The molecule has 1 heterocycles. The van der Waals surface area contributed by atoms with Gasteiger partial charge >= 0.3 is 0 Å². The molecule has 9 nitrogen and oxygen atoms in total. The predicted molar refractivity (Wildman–Crippen MR) is 119 cm³/mol. The third-order valence-corrected chi connectivity index (χ3v) is 5.10. The van der Waals surface area contributed by atoms with Crippen molar-refractivity contribution in [2.75, 3.05) is 52.4 Å². The molecule has 11 heteroatoms. The van der Waals surface area contributed by atoms with E-state index in [1.165, 1.54) is 23.3 Å². The number of carbonyl (C=O) groups excluding carboxylic acids is 3. The highest BCUT2D eigenvalue weighted by Crippen LogP contribution is 2.16. The van der Waals surface area contributed by atoms with Crippen LogP contribution in [0.2, 0.25) is 5.02 Å². The highest BCUT2D eigenvalue weighted by Gasteiger charge is 2.19. The number of methoxy groups -OCH3 is 2. The zero-order chi connectivity index (χ0) is 22.6. The van der Waals surface area contributed by atoms with Crippen LogP contribution in [0.15, 0.2) is 29.6 Å². The molecule has 0 fully saturated rings. The highest BCUT2D eigenvalue weighted by atomic mass is 35.5. The summed E-state index contributed by atoms with van der Waals surface area (Å²) < 4.78 is 9.93. The van der Waals surface area contributed by atoms with Crippen LogP contribution < -0.4 is 10.6 Å². The number of benzene rings is 1. The van der Waals surface area contributed by atoms with Gasteiger partial charge in [0, 0.05) is 43.3 Å². The number of amides is 3. The number of hydrogen-bond acceptors (Lipinski definition) is 7. The molecule has 0 aliphatic rings. The first-order chi connectivity index (χ1) is 14.9. The Morgan fingerprint density at radius 1 is 1.10 bits per heavy atom. The molecule has 2 rings (SSSR count). The van der Waals surface area contributed by atoms with Crippen LogP contribution in [0.5, 0.6) is 0 Å². The Morgan fingerprint density at radius 3 is 2.48 bits per heavy atom. The summed E-state index contributed by atoms with van der Waals surface area (Å²) in [4.78, 5) is 42.7. The second kappa shape index (κ2) is 13.0. The van der Waals surface area contributed by atoms with E-state index in [1.807, 2.05) is 0 Å². The summed E-state index contributed by atoms with van der Waals surface area (Å²) >= 11 is 7.08. The summed E-state index contributed by atoms with van der Waals surface area (Å²) in [5, 5.41) is 7.96. The molecular weight excluding hydrogens is 444 g/mol. The molecule has 2 N–H and O–H groups in total. The zero-order valence-corrected chi connectivity index (χ0v) is 18.9. The first kappa shape index (κ1) is 24.7. The minimum atomic E-state index is -0.399. The van der Waals surface area contributed by atoms with Crippen LogP contribution in [0.1, 0.15) is 16.1 Å². The lowest BCUT2D eigenvalue weighted by molar-refractivity contribution is -0.120. The molecule has 0 atom stereocenters. The molecule has 1 aromatic carbocycles. The molecule has 0 unspecified atom stereocenters. The Balaban J connectivity index is 1.93. The van der Waals surface area contributed by atoms with Gasteiger partial charge in [0.15, 0.2) is 5.13 Å². The summed E-state index contributed by atoms with van der Waals surface area (Å²) in [6, 6.07) is 6.44. The van der Waals surface area contributed by atoms with E-state index < -0.39 is 5.91 Å². The number of nitrogens with zero attached hydrogens (tertiary/aromatic N) is 2. The number of thiazole rings is 1. The summed E-state index contributed by atoms with van der Waals surface area (Å²) in [7, 11) is 3.08. The van der Waals surface area contributed by atoms with Gasteiger partial charge in [-0.05, 0) is 24.3 Å². The molecule has 31 heavy (non-hydrogen) atoms. The van der Waals surface area contributed by atoms with Gasteiger partial charge in [-0.2, -0.15) is 0 Å². The minimum Gasteiger partial charge on any atom is -0.383 e. The van der Waals surface area contributed by atoms with Gasteiger partial charge in [0.25, 0.3) is 5.91 Å².